The highest BCUT2D eigenvalue weighted by molar-refractivity contribution is 7.89. The van der Waals surface area contributed by atoms with Gasteiger partial charge in [-0.2, -0.15) is 0 Å². The third kappa shape index (κ3) is 3.95. The van der Waals surface area contributed by atoms with Crippen molar-refractivity contribution in [3.8, 4) is 5.75 Å². The van der Waals surface area contributed by atoms with Gasteiger partial charge in [0.2, 0.25) is 10.0 Å². The number of methoxy groups -OCH3 is 1. The van der Waals surface area contributed by atoms with Crippen molar-refractivity contribution in [1.82, 2.24) is 5.32 Å². The second-order valence-electron chi connectivity index (χ2n) is 5.27. The molecule has 1 aromatic rings. The summed E-state index contributed by atoms with van der Waals surface area (Å²) >= 11 is 0. The van der Waals surface area contributed by atoms with Crippen LogP contribution in [0.3, 0.4) is 0 Å². The molecule has 0 aromatic heterocycles. The molecule has 2 rings (SSSR count). The van der Waals surface area contributed by atoms with Gasteiger partial charge in [-0.3, -0.25) is 4.79 Å². The topological polar surface area (TPSA) is 98.5 Å². The van der Waals surface area contributed by atoms with Crippen LogP contribution in [0.1, 0.15) is 36.0 Å². The van der Waals surface area contributed by atoms with Crippen molar-refractivity contribution in [1.29, 1.82) is 0 Å². The van der Waals surface area contributed by atoms with Gasteiger partial charge in [-0.25, -0.2) is 13.6 Å². The fourth-order valence-corrected chi connectivity index (χ4v) is 3.13. The van der Waals surface area contributed by atoms with Gasteiger partial charge in [0, 0.05) is 6.54 Å². The van der Waals surface area contributed by atoms with E-state index in [9.17, 15) is 13.2 Å². The van der Waals surface area contributed by atoms with Crippen molar-refractivity contribution < 1.29 is 17.9 Å². The summed E-state index contributed by atoms with van der Waals surface area (Å²) in [5.41, 5.74) is 0.182. The maximum absolute atomic E-state index is 12.2. The lowest BCUT2D eigenvalue weighted by Gasteiger charge is -2.13. The highest BCUT2D eigenvalue weighted by atomic mass is 32.2. The molecule has 1 aromatic carbocycles. The van der Waals surface area contributed by atoms with Gasteiger partial charge < -0.3 is 10.1 Å². The van der Waals surface area contributed by atoms with Crippen LogP contribution >= 0.6 is 0 Å². The first-order valence-corrected chi connectivity index (χ1v) is 8.45. The highest BCUT2D eigenvalue weighted by Gasteiger charge is 2.20. The molecule has 3 N–H and O–H groups in total. The van der Waals surface area contributed by atoms with Crippen LogP contribution in [0.2, 0.25) is 0 Å². The first kappa shape index (κ1) is 15.8. The Labute approximate surface area is 124 Å². The summed E-state index contributed by atoms with van der Waals surface area (Å²) in [6.45, 7) is 0.599. The minimum atomic E-state index is -3.85. The monoisotopic (exact) mass is 312 g/mol. The van der Waals surface area contributed by atoms with E-state index >= 15 is 0 Å². The number of rotatable bonds is 5. The third-order valence-corrected chi connectivity index (χ3v) is 4.68. The molecule has 116 valence electrons. The van der Waals surface area contributed by atoms with Crippen LogP contribution < -0.4 is 15.2 Å². The molecule has 6 nitrogen and oxygen atoms in total. The lowest BCUT2D eigenvalue weighted by atomic mass is 10.1. The lowest BCUT2D eigenvalue weighted by molar-refractivity contribution is 0.0944. The fourth-order valence-electron chi connectivity index (χ4n) is 2.59. The van der Waals surface area contributed by atoms with Crippen LogP contribution in [-0.2, 0) is 10.0 Å². The molecule has 0 atom stereocenters. The molecule has 7 heteroatoms. The molecule has 0 unspecified atom stereocenters. The van der Waals surface area contributed by atoms with E-state index in [-0.39, 0.29) is 16.4 Å². The van der Waals surface area contributed by atoms with Gasteiger partial charge in [0.1, 0.15) is 5.75 Å². The molecule has 1 fully saturated rings. The maximum atomic E-state index is 12.2. The SMILES string of the molecule is COc1ccc(S(N)(=O)=O)cc1C(=O)NCC1CCCC1. The van der Waals surface area contributed by atoms with Crippen LogP contribution in [0.5, 0.6) is 5.75 Å². The first-order valence-electron chi connectivity index (χ1n) is 6.91. The van der Waals surface area contributed by atoms with Gasteiger partial charge in [-0.1, -0.05) is 12.8 Å². The second-order valence-corrected chi connectivity index (χ2v) is 6.83. The van der Waals surface area contributed by atoms with E-state index in [4.69, 9.17) is 9.88 Å². The van der Waals surface area contributed by atoms with Crippen LogP contribution in [0.25, 0.3) is 0 Å². The Hall–Kier alpha value is -1.60. The number of hydrogen-bond acceptors (Lipinski definition) is 4. The van der Waals surface area contributed by atoms with Gasteiger partial charge >= 0.3 is 0 Å². The number of primary sulfonamides is 1. The summed E-state index contributed by atoms with van der Waals surface area (Å²) < 4.78 is 27.9. The number of amides is 1. The standard InChI is InChI=1S/C14H20N2O4S/c1-20-13-7-6-11(21(15,18)19)8-12(13)14(17)16-9-10-4-2-3-5-10/h6-8,10H,2-5,9H2,1H3,(H,16,17)(H2,15,18,19). The molecule has 1 aliphatic carbocycles. The Bertz CT molecular complexity index is 622. The van der Waals surface area contributed by atoms with E-state index < -0.39 is 10.0 Å². The molecule has 0 bridgehead atoms. The van der Waals surface area contributed by atoms with Crippen LogP contribution in [-0.4, -0.2) is 28.0 Å². The molecule has 1 amide bonds. The molecule has 21 heavy (non-hydrogen) atoms. The Morgan fingerprint density at radius 3 is 2.62 bits per heavy atom. The first-order chi connectivity index (χ1) is 9.91. The summed E-state index contributed by atoms with van der Waals surface area (Å²) in [7, 11) is -2.42. The van der Waals surface area contributed by atoms with Gasteiger partial charge in [0.25, 0.3) is 5.91 Å². The summed E-state index contributed by atoms with van der Waals surface area (Å²) in [5.74, 6) is 0.483. The average molecular weight is 312 g/mol. The second kappa shape index (κ2) is 6.44. The van der Waals surface area contributed by atoms with Crippen LogP contribution in [0, 0.1) is 5.92 Å². The van der Waals surface area contributed by atoms with Gasteiger partial charge in [-0.15, -0.1) is 0 Å². The molecule has 0 radical (unpaired) electrons. The predicted molar refractivity (Wildman–Crippen MR) is 78.7 cm³/mol. The fraction of sp³-hybridized carbons (Fsp3) is 0.500. The molecule has 0 heterocycles. The van der Waals surface area contributed by atoms with Crippen LogP contribution in [0.15, 0.2) is 23.1 Å². The maximum Gasteiger partial charge on any atom is 0.255 e. The predicted octanol–water partition coefficient (Wildman–Crippen LogP) is 1.26. The number of sulfonamides is 1. The van der Waals surface area contributed by atoms with Gasteiger partial charge in [-0.05, 0) is 37.0 Å². The van der Waals surface area contributed by atoms with Crippen molar-refractivity contribution in [2.75, 3.05) is 13.7 Å². The zero-order valence-electron chi connectivity index (χ0n) is 12.0. The molecular formula is C14H20N2O4S. The minimum absolute atomic E-state index is 0.102. The van der Waals surface area contributed by atoms with E-state index in [1.54, 1.807) is 0 Å². The largest absolute Gasteiger partial charge is 0.496 e. The number of benzene rings is 1. The molecule has 1 aliphatic rings. The molecule has 0 saturated heterocycles. The Balaban J connectivity index is 2.17. The van der Waals surface area contributed by atoms with E-state index in [0.717, 1.165) is 12.8 Å². The molecular weight excluding hydrogens is 292 g/mol. The number of carbonyl (C=O) groups excluding carboxylic acids is 1. The summed E-state index contributed by atoms with van der Waals surface area (Å²) in [5, 5.41) is 7.93. The van der Waals surface area contributed by atoms with Crippen molar-refractivity contribution in [2.24, 2.45) is 11.1 Å². The van der Waals surface area contributed by atoms with Crippen molar-refractivity contribution in [2.45, 2.75) is 30.6 Å². The lowest BCUT2D eigenvalue weighted by Crippen LogP contribution is -2.29. The highest BCUT2D eigenvalue weighted by Crippen LogP contribution is 2.25. The number of nitrogens with one attached hydrogen (secondary N) is 1. The number of carbonyl (C=O) groups is 1. The number of ether oxygens (including phenoxy) is 1. The van der Waals surface area contributed by atoms with Gasteiger partial charge in [0.05, 0.1) is 17.6 Å². The Morgan fingerprint density at radius 1 is 1.38 bits per heavy atom. The molecule has 0 aliphatic heterocycles. The third-order valence-electron chi connectivity index (χ3n) is 3.77. The van der Waals surface area contributed by atoms with E-state index in [2.05, 4.69) is 5.32 Å². The van der Waals surface area contributed by atoms with Crippen LogP contribution in [0.4, 0.5) is 0 Å². The quantitative estimate of drug-likeness (QED) is 0.855. The van der Waals surface area contributed by atoms with Crippen molar-refractivity contribution >= 4 is 15.9 Å². The zero-order valence-corrected chi connectivity index (χ0v) is 12.8. The number of hydrogen-bond donors (Lipinski definition) is 2. The molecule has 1 saturated carbocycles. The number of nitrogens with two attached hydrogens (primary N) is 1. The summed E-state index contributed by atoms with van der Waals surface area (Å²) in [6, 6.07) is 4.00. The Kier molecular flexibility index (Phi) is 4.84. The minimum Gasteiger partial charge on any atom is -0.496 e. The normalized spacial score (nSPS) is 15.9. The Morgan fingerprint density at radius 2 is 2.05 bits per heavy atom. The van der Waals surface area contributed by atoms with E-state index in [0.29, 0.717) is 18.2 Å². The molecule has 0 spiro atoms. The average Bonchev–Trinajstić information content (AvgIpc) is 2.96. The van der Waals surface area contributed by atoms with Gasteiger partial charge in [0.15, 0.2) is 0 Å². The van der Waals surface area contributed by atoms with E-state index in [1.807, 2.05) is 0 Å². The zero-order chi connectivity index (χ0) is 15.5. The van der Waals surface area contributed by atoms with E-state index in [1.165, 1.54) is 38.2 Å². The summed E-state index contributed by atoms with van der Waals surface area (Å²) in [6.07, 6.45) is 4.64. The smallest absolute Gasteiger partial charge is 0.255 e. The van der Waals surface area contributed by atoms with Crippen molar-refractivity contribution in [3.05, 3.63) is 23.8 Å². The van der Waals surface area contributed by atoms with Crippen molar-refractivity contribution in [3.63, 3.8) is 0 Å². The summed E-state index contributed by atoms with van der Waals surface area (Å²) in [4.78, 5) is 12.1.